The van der Waals surface area contributed by atoms with Crippen molar-refractivity contribution in [3.8, 4) is 0 Å². The van der Waals surface area contributed by atoms with Gasteiger partial charge in [0.05, 0.1) is 5.56 Å². The maximum absolute atomic E-state index is 13.3. The second kappa shape index (κ2) is 6.33. The molecule has 1 amide bonds. The molecule has 1 aliphatic carbocycles. The van der Waals surface area contributed by atoms with Gasteiger partial charge >= 0.3 is 6.18 Å². The molecule has 140 valence electrons. The minimum atomic E-state index is -4.47. The first-order valence-electron chi connectivity index (χ1n) is 8.49. The monoisotopic (exact) mass is 375 g/mol. The van der Waals surface area contributed by atoms with E-state index in [-0.39, 0.29) is 29.8 Å². The van der Waals surface area contributed by atoms with Gasteiger partial charge < -0.3 is 4.90 Å². The molecule has 9 heteroatoms. The van der Waals surface area contributed by atoms with Gasteiger partial charge in [-0.1, -0.05) is 18.2 Å². The second-order valence-electron chi connectivity index (χ2n) is 6.55. The predicted octanol–water partition coefficient (Wildman–Crippen LogP) is 3.26. The number of halogens is 3. The normalized spacial score (nSPS) is 14.5. The number of hydrogen-bond donors (Lipinski definition) is 0. The van der Waals surface area contributed by atoms with Crippen molar-refractivity contribution in [2.75, 3.05) is 0 Å². The van der Waals surface area contributed by atoms with Gasteiger partial charge in [-0.15, -0.1) is 5.10 Å². The molecule has 0 N–H and O–H groups in total. The average Bonchev–Trinajstić information content (AvgIpc) is 3.36. The van der Waals surface area contributed by atoms with E-state index < -0.39 is 17.6 Å². The van der Waals surface area contributed by atoms with Gasteiger partial charge in [0.25, 0.3) is 11.7 Å². The molecule has 0 aliphatic heterocycles. The largest absolute Gasteiger partial charge is 0.416 e. The van der Waals surface area contributed by atoms with E-state index in [1.165, 1.54) is 27.6 Å². The lowest BCUT2D eigenvalue weighted by molar-refractivity contribution is -0.138. The highest BCUT2D eigenvalue weighted by molar-refractivity contribution is 5.91. The molecule has 1 aliphatic rings. The fourth-order valence-electron chi connectivity index (χ4n) is 3.00. The van der Waals surface area contributed by atoms with Gasteiger partial charge in [-0.25, -0.2) is 9.50 Å². The third-order valence-corrected chi connectivity index (χ3v) is 4.53. The van der Waals surface area contributed by atoms with E-state index in [9.17, 15) is 18.0 Å². The molecule has 27 heavy (non-hydrogen) atoms. The van der Waals surface area contributed by atoms with Crippen molar-refractivity contribution in [2.24, 2.45) is 0 Å². The zero-order valence-corrected chi connectivity index (χ0v) is 14.4. The molecule has 0 radical (unpaired) electrons. The fourth-order valence-corrected chi connectivity index (χ4v) is 3.00. The van der Waals surface area contributed by atoms with Crippen molar-refractivity contribution < 1.29 is 18.0 Å². The lowest BCUT2D eigenvalue weighted by Crippen LogP contribution is -2.34. The van der Waals surface area contributed by atoms with E-state index in [2.05, 4.69) is 15.1 Å². The van der Waals surface area contributed by atoms with Crippen LogP contribution in [0.3, 0.4) is 0 Å². The van der Waals surface area contributed by atoms with Gasteiger partial charge in [0, 0.05) is 24.5 Å². The number of carbonyl (C=O) groups excluding carboxylic acids is 1. The summed E-state index contributed by atoms with van der Waals surface area (Å²) in [4.78, 5) is 22.6. The number of hydrogen-bond acceptors (Lipinski definition) is 4. The summed E-state index contributed by atoms with van der Waals surface area (Å²) >= 11 is 0. The number of benzene rings is 1. The van der Waals surface area contributed by atoms with Crippen LogP contribution in [-0.4, -0.2) is 36.4 Å². The summed E-state index contributed by atoms with van der Waals surface area (Å²) in [6, 6.07) is 6.94. The number of aryl methyl sites for hydroxylation is 1. The number of fused-ring (bicyclic) bond motifs is 1. The molecule has 0 saturated heterocycles. The maximum atomic E-state index is 13.3. The van der Waals surface area contributed by atoms with Crippen LogP contribution in [0.5, 0.6) is 0 Å². The van der Waals surface area contributed by atoms with E-state index in [1.54, 1.807) is 19.2 Å². The Morgan fingerprint density at radius 2 is 2.00 bits per heavy atom. The molecule has 1 saturated carbocycles. The van der Waals surface area contributed by atoms with Crippen LogP contribution < -0.4 is 0 Å². The molecule has 0 unspecified atom stereocenters. The van der Waals surface area contributed by atoms with E-state index in [1.807, 2.05) is 0 Å². The lowest BCUT2D eigenvalue weighted by Gasteiger charge is -2.23. The van der Waals surface area contributed by atoms with Crippen molar-refractivity contribution >= 4 is 11.7 Å². The van der Waals surface area contributed by atoms with Crippen molar-refractivity contribution in [3.05, 3.63) is 59.2 Å². The Kier molecular flexibility index (Phi) is 4.09. The van der Waals surface area contributed by atoms with Crippen molar-refractivity contribution in [1.82, 2.24) is 24.5 Å². The first-order valence-corrected chi connectivity index (χ1v) is 8.49. The predicted molar refractivity (Wildman–Crippen MR) is 89.9 cm³/mol. The Morgan fingerprint density at radius 3 is 2.67 bits per heavy atom. The summed E-state index contributed by atoms with van der Waals surface area (Å²) in [6.07, 6.45) is -1.40. The summed E-state index contributed by atoms with van der Waals surface area (Å²) in [5.74, 6) is -0.266. The van der Waals surface area contributed by atoms with Crippen LogP contribution in [0.2, 0.25) is 0 Å². The van der Waals surface area contributed by atoms with Gasteiger partial charge in [0.2, 0.25) is 5.82 Å². The van der Waals surface area contributed by atoms with E-state index in [4.69, 9.17) is 0 Å². The standard InChI is InChI=1S/C18H16F3N5O/c1-11-8-9-22-17-23-15(24-26(11)17)16(27)25(13-6-7-13)10-12-4-2-3-5-14(12)18(19,20)21/h2-5,8-9,13H,6-7,10H2,1H3. The van der Waals surface area contributed by atoms with E-state index >= 15 is 0 Å². The molecule has 0 atom stereocenters. The highest BCUT2D eigenvalue weighted by Gasteiger charge is 2.38. The molecular formula is C18H16F3N5O. The number of nitrogens with zero attached hydrogens (tertiary/aromatic N) is 5. The Labute approximate surface area is 152 Å². The number of rotatable bonds is 4. The number of amides is 1. The average molecular weight is 375 g/mol. The van der Waals surface area contributed by atoms with Crippen molar-refractivity contribution in [2.45, 2.75) is 38.5 Å². The van der Waals surface area contributed by atoms with Crippen LogP contribution in [0.25, 0.3) is 5.78 Å². The first-order chi connectivity index (χ1) is 12.8. The van der Waals surface area contributed by atoms with Crippen LogP contribution in [0.1, 0.15) is 40.3 Å². The number of carbonyl (C=O) groups is 1. The Hall–Kier alpha value is -2.97. The van der Waals surface area contributed by atoms with Crippen LogP contribution in [0, 0.1) is 6.92 Å². The molecule has 1 aromatic carbocycles. The Bertz CT molecular complexity index is 1010. The minimum Gasteiger partial charge on any atom is -0.329 e. The topological polar surface area (TPSA) is 63.4 Å². The van der Waals surface area contributed by atoms with Gasteiger partial charge in [-0.05, 0) is 37.5 Å². The summed E-state index contributed by atoms with van der Waals surface area (Å²) in [6.45, 7) is 1.66. The van der Waals surface area contributed by atoms with Crippen molar-refractivity contribution in [3.63, 3.8) is 0 Å². The molecule has 0 spiro atoms. The van der Waals surface area contributed by atoms with E-state index in [0.717, 1.165) is 24.6 Å². The van der Waals surface area contributed by atoms with Gasteiger partial charge in [0.15, 0.2) is 0 Å². The molecule has 2 aromatic heterocycles. The fraction of sp³-hybridized carbons (Fsp3) is 0.333. The zero-order valence-electron chi connectivity index (χ0n) is 14.4. The smallest absolute Gasteiger partial charge is 0.329 e. The summed E-state index contributed by atoms with van der Waals surface area (Å²) in [7, 11) is 0. The highest BCUT2D eigenvalue weighted by atomic mass is 19.4. The Balaban J connectivity index is 1.67. The third-order valence-electron chi connectivity index (χ3n) is 4.53. The van der Waals surface area contributed by atoms with Gasteiger partial charge in [-0.2, -0.15) is 18.2 Å². The quantitative estimate of drug-likeness (QED) is 0.702. The van der Waals surface area contributed by atoms with E-state index in [0.29, 0.717) is 0 Å². The van der Waals surface area contributed by atoms with Crippen LogP contribution in [0.15, 0.2) is 36.5 Å². The molecule has 3 aromatic rings. The van der Waals surface area contributed by atoms with Crippen LogP contribution in [-0.2, 0) is 12.7 Å². The third kappa shape index (κ3) is 3.36. The molecule has 0 bridgehead atoms. The van der Waals surface area contributed by atoms with Gasteiger partial charge in [-0.3, -0.25) is 4.79 Å². The SMILES string of the molecule is Cc1ccnc2nc(C(=O)N(Cc3ccccc3C(F)(F)F)C3CC3)nn12. The first kappa shape index (κ1) is 17.4. The number of aromatic nitrogens is 4. The zero-order chi connectivity index (χ0) is 19.2. The number of alkyl halides is 3. The van der Waals surface area contributed by atoms with Crippen LogP contribution >= 0.6 is 0 Å². The molecular weight excluding hydrogens is 359 g/mol. The second-order valence-corrected chi connectivity index (χ2v) is 6.55. The Morgan fingerprint density at radius 1 is 1.26 bits per heavy atom. The minimum absolute atomic E-state index is 0.0586. The van der Waals surface area contributed by atoms with Crippen molar-refractivity contribution in [1.29, 1.82) is 0 Å². The highest BCUT2D eigenvalue weighted by Crippen LogP contribution is 2.35. The van der Waals surface area contributed by atoms with Gasteiger partial charge in [0.1, 0.15) is 0 Å². The summed E-state index contributed by atoms with van der Waals surface area (Å²) in [5, 5.41) is 4.19. The van der Waals surface area contributed by atoms with Crippen LogP contribution in [0.4, 0.5) is 13.2 Å². The molecule has 4 rings (SSSR count). The molecule has 1 fully saturated rings. The molecule has 6 nitrogen and oxygen atoms in total. The lowest BCUT2D eigenvalue weighted by atomic mass is 10.1. The summed E-state index contributed by atoms with van der Waals surface area (Å²) in [5.41, 5.74) is 0.0826. The summed E-state index contributed by atoms with van der Waals surface area (Å²) < 4.78 is 41.3. The maximum Gasteiger partial charge on any atom is 0.416 e. The molecule has 2 heterocycles.